The Morgan fingerprint density at radius 2 is 1.89 bits per heavy atom. The molecule has 0 unspecified atom stereocenters. The molecule has 0 aliphatic carbocycles. The molecule has 2 aromatic rings. The number of piperazine rings is 1. The summed E-state index contributed by atoms with van der Waals surface area (Å²) in [5.74, 6) is -0.105. The standard InChI is InChI=1S/C26H36ClN5O2.ClH/c1-26(2,3)23(17-31-10-8-30(4)9-11-31)29-24(33)14-21-15-28-25(34)22-13-19(16-32(21)22)18-6-5-7-20(27)12-18;/h5-7,12-13,16,21,23H,8-11,14-15,17H2,1-4H3,(H,28,34)(H,29,33);1H/t21-,23+;/m0./s1. The van der Waals surface area contributed by atoms with E-state index in [-0.39, 0.29) is 41.7 Å². The number of hydrogen-bond donors (Lipinski definition) is 2. The number of halogens is 2. The van der Waals surface area contributed by atoms with E-state index >= 15 is 0 Å². The Morgan fingerprint density at radius 1 is 1.17 bits per heavy atom. The minimum absolute atomic E-state index is 0. The van der Waals surface area contributed by atoms with Crippen molar-refractivity contribution < 1.29 is 9.59 Å². The molecule has 1 saturated heterocycles. The number of aromatic nitrogens is 1. The van der Waals surface area contributed by atoms with Crippen LogP contribution in [-0.4, -0.2) is 78.5 Å². The smallest absolute Gasteiger partial charge is 0.268 e. The van der Waals surface area contributed by atoms with Crippen molar-refractivity contribution in [2.24, 2.45) is 5.41 Å². The topological polar surface area (TPSA) is 69.6 Å². The molecule has 2 aliphatic heterocycles. The van der Waals surface area contributed by atoms with Gasteiger partial charge in [-0.05, 0) is 36.2 Å². The van der Waals surface area contributed by atoms with Crippen molar-refractivity contribution in [2.75, 3.05) is 46.3 Å². The van der Waals surface area contributed by atoms with Gasteiger partial charge in [0, 0.05) is 68.5 Å². The molecule has 2 N–H and O–H groups in total. The van der Waals surface area contributed by atoms with Crippen molar-refractivity contribution in [3.63, 3.8) is 0 Å². The Labute approximate surface area is 219 Å². The molecule has 4 rings (SSSR count). The third kappa shape index (κ3) is 6.79. The van der Waals surface area contributed by atoms with Crippen LogP contribution in [0.2, 0.25) is 5.02 Å². The molecule has 35 heavy (non-hydrogen) atoms. The van der Waals surface area contributed by atoms with Crippen molar-refractivity contribution >= 4 is 35.8 Å². The number of nitrogens with one attached hydrogen (secondary N) is 2. The number of carbonyl (C=O) groups is 2. The highest BCUT2D eigenvalue weighted by molar-refractivity contribution is 6.30. The fraction of sp³-hybridized carbons (Fsp3) is 0.538. The maximum absolute atomic E-state index is 13.2. The van der Waals surface area contributed by atoms with Gasteiger partial charge in [-0.3, -0.25) is 14.5 Å². The summed E-state index contributed by atoms with van der Waals surface area (Å²) in [6.45, 7) is 12.0. The second-order valence-electron chi connectivity index (χ2n) is 10.7. The second kappa shape index (κ2) is 11.3. The highest BCUT2D eigenvalue weighted by atomic mass is 35.5. The molecule has 0 bridgehead atoms. The summed E-state index contributed by atoms with van der Waals surface area (Å²) in [6, 6.07) is 9.36. The van der Waals surface area contributed by atoms with Crippen LogP contribution in [0.5, 0.6) is 0 Å². The zero-order valence-electron chi connectivity index (χ0n) is 21.0. The molecule has 7 nitrogen and oxygen atoms in total. The molecule has 2 atom stereocenters. The van der Waals surface area contributed by atoms with Crippen molar-refractivity contribution in [2.45, 2.75) is 39.3 Å². The molecule has 1 aromatic heterocycles. The first-order chi connectivity index (χ1) is 16.1. The van der Waals surface area contributed by atoms with Crippen LogP contribution in [-0.2, 0) is 4.79 Å². The van der Waals surface area contributed by atoms with Gasteiger partial charge in [-0.15, -0.1) is 12.4 Å². The van der Waals surface area contributed by atoms with Gasteiger partial charge in [0.15, 0.2) is 0 Å². The summed E-state index contributed by atoms with van der Waals surface area (Å²) in [4.78, 5) is 30.5. The van der Waals surface area contributed by atoms with Crippen LogP contribution >= 0.6 is 24.0 Å². The third-order valence-electron chi connectivity index (χ3n) is 6.97. The largest absolute Gasteiger partial charge is 0.351 e. The summed E-state index contributed by atoms with van der Waals surface area (Å²) >= 11 is 6.16. The zero-order chi connectivity index (χ0) is 24.5. The maximum Gasteiger partial charge on any atom is 0.268 e. The highest BCUT2D eigenvalue weighted by Gasteiger charge is 2.32. The average Bonchev–Trinajstić information content (AvgIpc) is 3.23. The zero-order valence-corrected chi connectivity index (χ0v) is 22.6. The number of carbonyl (C=O) groups excluding carboxylic acids is 2. The molecule has 192 valence electrons. The summed E-state index contributed by atoms with van der Waals surface area (Å²) in [5, 5.41) is 6.91. The third-order valence-corrected chi connectivity index (χ3v) is 7.20. The van der Waals surface area contributed by atoms with Gasteiger partial charge < -0.3 is 20.1 Å². The van der Waals surface area contributed by atoms with Crippen molar-refractivity contribution in [1.29, 1.82) is 0 Å². The highest BCUT2D eigenvalue weighted by Crippen LogP contribution is 2.30. The van der Waals surface area contributed by atoms with E-state index in [2.05, 4.69) is 48.3 Å². The van der Waals surface area contributed by atoms with Crippen LogP contribution in [0.25, 0.3) is 11.1 Å². The van der Waals surface area contributed by atoms with E-state index in [4.69, 9.17) is 11.6 Å². The normalized spacial score (nSPS) is 19.9. The van der Waals surface area contributed by atoms with Gasteiger partial charge in [0.1, 0.15) is 5.69 Å². The van der Waals surface area contributed by atoms with Gasteiger partial charge in [-0.1, -0.05) is 44.5 Å². The maximum atomic E-state index is 13.2. The molecular formula is C26H37Cl2N5O2. The Kier molecular flexibility index (Phi) is 8.91. The first-order valence-corrected chi connectivity index (χ1v) is 12.4. The van der Waals surface area contributed by atoms with E-state index in [0.717, 1.165) is 43.9 Å². The average molecular weight is 523 g/mol. The number of benzene rings is 1. The minimum atomic E-state index is -0.134. The first-order valence-electron chi connectivity index (χ1n) is 12.1. The van der Waals surface area contributed by atoms with Gasteiger partial charge in [0.2, 0.25) is 5.91 Å². The Bertz CT molecular complexity index is 1040. The molecule has 9 heteroatoms. The summed E-state index contributed by atoms with van der Waals surface area (Å²) in [5.41, 5.74) is 2.38. The predicted molar refractivity (Wildman–Crippen MR) is 143 cm³/mol. The van der Waals surface area contributed by atoms with Crippen molar-refractivity contribution in [3.05, 3.63) is 47.2 Å². The monoisotopic (exact) mass is 521 g/mol. The van der Waals surface area contributed by atoms with Gasteiger partial charge in [0.05, 0.1) is 6.04 Å². The Balaban J connectivity index is 0.00000342. The van der Waals surface area contributed by atoms with E-state index < -0.39 is 0 Å². The number of hydrogen-bond acceptors (Lipinski definition) is 4. The van der Waals surface area contributed by atoms with E-state index in [9.17, 15) is 9.59 Å². The lowest BCUT2D eigenvalue weighted by atomic mass is 9.86. The fourth-order valence-electron chi connectivity index (χ4n) is 4.65. The van der Waals surface area contributed by atoms with Crippen molar-refractivity contribution in [3.8, 4) is 11.1 Å². The number of nitrogens with zero attached hydrogens (tertiary/aromatic N) is 3. The van der Waals surface area contributed by atoms with E-state index in [0.29, 0.717) is 23.7 Å². The van der Waals surface area contributed by atoms with Gasteiger partial charge in [-0.25, -0.2) is 0 Å². The first kappa shape index (κ1) is 27.5. The SMILES string of the molecule is CN1CCN(C[C@@H](NC(=O)C[C@H]2CNC(=O)c3cc(-c4cccc(Cl)c4)cn32)C(C)(C)C)CC1.Cl. The molecule has 2 aliphatic rings. The molecule has 0 radical (unpaired) electrons. The fourth-order valence-corrected chi connectivity index (χ4v) is 4.84. The lowest BCUT2D eigenvalue weighted by Crippen LogP contribution is -2.54. The molecular weight excluding hydrogens is 485 g/mol. The predicted octanol–water partition coefficient (Wildman–Crippen LogP) is 3.68. The molecule has 3 heterocycles. The molecule has 0 saturated carbocycles. The molecule has 0 spiro atoms. The van der Waals surface area contributed by atoms with Gasteiger partial charge >= 0.3 is 0 Å². The van der Waals surface area contributed by atoms with E-state index in [1.807, 2.05) is 41.1 Å². The van der Waals surface area contributed by atoms with Crippen LogP contribution in [0.4, 0.5) is 0 Å². The second-order valence-corrected chi connectivity index (χ2v) is 11.1. The van der Waals surface area contributed by atoms with Crippen LogP contribution in [0.3, 0.4) is 0 Å². The lowest BCUT2D eigenvalue weighted by molar-refractivity contribution is -0.123. The molecule has 2 amide bonds. The number of amides is 2. The van der Waals surface area contributed by atoms with Crippen LogP contribution in [0.15, 0.2) is 36.5 Å². The minimum Gasteiger partial charge on any atom is -0.351 e. The van der Waals surface area contributed by atoms with E-state index in [1.165, 1.54) is 0 Å². The number of fused-ring (bicyclic) bond motifs is 1. The summed E-state index contributed by atoms with van der Waals surface area (Å²) in [7, 11) is 2.15. The number of rotatable bonds is 6. The van der Waals surface area contributed by atoms with E-state index in [1.54, 1.807) is 0 Å². The van der Waals surface area contributed by atoms with Crippen molar-refractivity contribution in [1.82, 2.24) is 25.0 Å². The summed E-state index contributed by atoms with van der Waals surface area (Å²) in [6.07, 6.45) is 2.27. The number of likely N-dealkylation sites (N-methyl/N-ethyl adjacent to an activating group) is 1. The molecule has 1 fully saturated rings. The van der Waals surface area contributed by atoms with Crippen LogP contribution in [0, 0.1) is 5.41 Å². The Hall–Kier alpha value is -2.06. The quantitative estimate of drug-likeness (QED) is 0.608. The van der Waals surface area contributed by atoms with Crippen LogP contribution in [0.1, 0.15) is 43.7 Å². The molecule has 1 aromatic carbocycles. The van der Waals surface area contributed by atoms with Gasteiger partial charge in [-0.2, -0.15) is 0 Å². The van der Waals surface area contributed by atoms with Gasteiger partial charge in [0.25, 0.3) is 5.91 Å². The van der Waals surface area contributed by atoms with Crippen LogP contribution < -0.4 is 10.6 Å². The lowest BCUT2D eigenvalue weighted by Gasteiger charge is -2.39. The summed E-state index contributed by atoms with van der Waals surface area (Å²) < 4.78 is 1.95. The Morgan fingerprint density at radius 3 is 2.54 bits per heavy atom.